The first kappa shape index (κ1) is 20.2. The molecular formula is C17H25N5O3S. The van der Waals surface area contributed by atoms with E-state index in [2.05, 4.69) is 9.97 Å². The number of carbonyl (C=O) groups is 1. The maximum Gasteiger partial charge on any atom is 0.332 e. The molecule has 0 unspecified atom stereocenters. The Labute approximate surface area is 156 Å². The van der Waals surface area contributed by atoms with Gasteiger partial charge in [-0.2, -0.15) is 0 Å². The van der Waals surface area contributed by atoms with E-state index in [0.717, 1.165) is 11.0 Å². The van der Waals surface area contributed by atoms with Gasteiger partial charge in [-0.3, -0.25) is 18.7 Å². The van der Waals surface area contributed by atoms with Crippen molar-refractivity contribution in [2.24, 2.45) is 7.05 Å². The lowest BCUT2D eigenvalue weighted by Crippen LogP contribution is -2.39. The van der Waals surface area contributed by atoms with Crippen molar-refractivity contribution in [3.8, 4) is 0 Å². The van der Waals surface area contributed by atoms with Crippen LogP contribution >= 0.6 is 11.8 Å². The molecule has 0 saturated heterocycles. The Balaban J connectivity index is 2.79. The molecule has 0 saturated carbocycles. The first-order valence-corrected chi connectivity index (χ1v) is 9.52. The summed E-state index contributed by atoms with van der Waals surface area (Å²) in [7, 11) is 4.81. The minimum atomic E-state index is -0.438. The predicted octanol–water partition coefficient (Wildman–Crippen LogP) is 1.20. The third-order valence-electron chi connectivity index (χ3n) is 3.96. The van der Waals surface area contributed by atoms with Crippen LogP contribution in [0.1, 0.15) is 38.9 Å². The Hall–Kier alpha value is -2.16. The highest BCUT2D eigenvalue weighted by Gasteiger charge is 2.20. The summed E-state index contributed by atoms with van der Waals surface area (Å²) in [5.74, 6) is 0.658. The number of hydrogen-bond acceptors (Lipinski definition) is 6. The molecule has 26 heavy (non-hydrogen) atoms. The minimum Gasteiger partial charge on any atom is -0.348 e. The number of rotatable bonds is 6. The van der Waals surface area contributed by atoms with Gasteiger partial charge >= 0.3 is 5.69 Å². The Kier molecular flexibility index (Phi) is 6.22. The van der Waals surface area contributed by atoms with Crippen LogP contribution in [0, 0.1) is 0 Å². The zero-order valence-corrected chi connectivity index (χ0v) is 16.9. The van der Waals surface area contributed by atoms with E-state index >= 15 is 0 Å². The molecule has 2 rings (SSSR count). The molecular weight excluding hydrogens is 354 g/mol. The molecule has 2 aromatic rings. The maximum atomic E-state index is 12.7. The molecule has 0 fully saturated rings. The van der Waals surface area contributed by atoms with Crippen LogP contribution in [0.2, 0.25) is 0 Å². The van der Waals surface area contributed by atoms with E-state index in [1.807, 2.05) is 20.8 Å². The van der Waals surface area contributed by atoms with Crippen molar-refractivity contribution < 1.29 is 4.79 Å². The number of aryl methyl sites for hydroxylation is 1. The standard InChI is InChI=1S/C17H25N5O3S/c1-7-8-22-14-12(16(24)21(6)17(22)25)15(19-13(18-14)10(2)3)26-9-11(23)20(4)5/h10H,7-9H2,1-6H3. The average molecular weight is 379 g/mol. The molecule has 0 aliphatic heterocycles. The molecule has 2 aromatic heterocycles. The van der Waals surface area contributed by atoms with Crippen LogP contribution in [-0.2, 0) is 18.4 Å². The summed E-state index contributed by atoms with van der Waals surface area (Å²) in [5, 5.41) is 0.737. The first-order valence-electron chi connectivity index (χ1n) is 8.53. The molecule has 1 amide bonds. The molecule has 0 spiro atoms. The quantitative estimate of drug-likeness (QED) is 0.553. The second kappa shape index (κ2) is 8.03. The Morgan fingerprint density at radius 2 is 1.88 bits per heavy atom. The number of nitrogens with zero attached hydrogens (tertiary/aromatic N) is 5. The van der Waals surface area contributed by atoms with Crippen molar-refractivity contribution >= 4 is 28.7 Å². The van der Waals surface area contributed by atoms with Crippen molar-refractivity contribution in [3.63, 3.8) is 0 Å². The molecule has 0 aliphatic carbocycles. The largest absolute Gasteiger partial charge is 0.348 e. The fourth-order valence-electron chi connectivity index (χ4n) is 2.40. The SMILES string of the molecule is CCCn1c(=O)n(C)c(=O)c2c(SCC(=O)N(C)C)nc(C(C)C)nc21. The second-order valence-electron chi connectivity index (χ2n) is 6.62. The Bertz CT molecular complexity index is 946. The zero-order valence-electron chi connectivity index (χ0n) is 16.1. The van der Waals surface area contributed by atoms with Gasteiger partial charge in [-0.25, -0.2) is 14.8 Å². The maximum absolute atomic E-state index is 12.7. The number of thioether (sulfide) groups is 1. The van der Waals surface area contributed by atoms with E-state index in [9.17, 15) is 14.4 Å². The van der Waals surface area contributed by atoms with E-state index in [1.54, 1.807) is 14.1 Å². The number of carbonyl (C=O) groups excluding carboxylic acids is 1. The summed E-state index contributed by atoms with van der Waals surface area (Å²) in [6.07, 6.45) is 0.732. The van der Waals surface area contributed by atoms with E-state index in [1.165, 1.54) is 28.3 Å². The lowest BCUT2D eigenvalue weighted by molar-refractivity contribution is -0.125. The molecule has 0 aliphatic rings. The fourth-order valence-corrected chi connectivity index (χ4v) is 3.40. The summed E-state index contributed by atoms with van der Waals surface area (Å²) in [6.45, 7) is 6.31. The van der Waals surface area contributed by atoms with E-state index in [-0.39, 0.29) is 17.6 Å². The van der Waals surface area contributed by atoms with Gasteiger partial charge in [0.2, 0.25) is 5.91 Å². The van der Waals surface area contributed by atoms with Crippen molar-refractivity contribution in [1.29, 1.82) is 0 Å². The molecule has 9 heteroatoms. The van der Waals surface area contributed by atoms with Crippen LogP contribution in [-0.4, -0.2) is 49.8 Å². The van der Waals surface area contributed by atoms with Gasteiger partial charge in [0.15, 0.2) is 5.65 Å². The van der Waals surface area contributed by atoms with Gasteiger partial charge in [0.05, 0.1) is 5.75 Å². The van der Waals surface area contributed by atoms with Crippen molar-refractivity contribution in [3.05, 3.63) is 26.7 Å². The molecule has 0 aromatic carbocycles. The summed E-state index contributed by atoms with van der Waals surface area (Å²) in [6, 6.07) is 0. The van der Waals surface area contributed by atoms with E-state index < -0.39 is 11.2 Å². The topological polar surface area (TPSA) is 90.1 Å². The Morgan fingerprint density at radius 3 is 2.42 bits per heavy atom. The molecule has 0 bridgehead atoms. The van der Waals surface area contributed by atoms with E-state index in [4.69, 9.17) is 0 Å². The summed E-state index contributed by atoms with van der Waals surface area (Å²) in [5.41, 5.74) is -0.482. The highest BCUT2D eigenvalue weighted by Crippen LogP contribution is 2.25. The number of fused-ring (bicyclic) bond motifs is 1. The number of aromatic nitrogens is 4. The van der Waals surface area contributed by atoms with Gasteiger partial charge in [0.25, 0.3) is 5.56 Å². The van der Waals surface area contributed by atoms with Crippen LogP contribution in [0.15, 0.2) is 14.6 Å². The van der Waals surface area contributed by atoms with Gasteiger partial charge in [-0.05, 0) is 6.42 Å². The van der Waals surface area contributed by atoms with Gasteiger partial charge in [0.1, 0.15) is 16.2 Å². The normalized spacial score (nSPS) is 11.3. The van der Waals surface area contributed by atoms with E-state index in [0.29, 0.717) is 28.4 Å². The summed E-state index contributed by atoms with van der Waals surface area (Å²) in [4.78, 5) is 47.8. The minimum absolute atomic E-state index is 0.0255. The van der Waals surface area contributed by atoms with Crippen molar-refractivity contribution in [1.82, 2.24) is 24.0 Å². The van der Waals surface area contributed by atoms with Crippen molar-refractivity contribution in [2.75, 3.05) is 19.8 Å². The average Bonchev–Trinajstić information content (AvgIpc) is 2.60. The van der Waals surface area contributed by atoms with Crippen LogP contribution in [0.3, 0.4) is 0 Å². The first-order chi connectivity index (χ1) is 12.2. The molecule has 2 heterocycles. The fraction of sp³-hybridized carbons (Fsp3) is 0.588. The van der Waals surface area contributed by atoms with Gasteiger partial charge < -0.3 is 4.90 Å². The molecule has 0 atom stereocenters. The van der Waals surface area contributed by atoms with Gasteiger partial charge in [-0.1, -0.05) is 32.5 Å². The molecule has 142 valence electrons. The third kappa shape index (κ3) is 3.82. The highest BCUT2D eigenvalue weighted by atomic mass is 32.2. The summed E-state index contributed by atoms with van der Waals surface area (Å²) >= 11 is 1.20. The summed E-state index contributed by atoms with van der Waals surface area (Å²) < 4.78 is 2.59. The third-order valence-corrected chi connectivity index (χ3v) is 4.92. The molecule has 0 radical (unpaired) electrons. The molecule has 0 N–H and O–H groups in total. The number of amides is 1. The zero-order chi connectivity index (χ0) is 19.6. The van der Waals surface area contributed by atoms with Crippen LogP contribution in [0.25, 0.3) is 11.0 Å². The highest BCUT2D eigenvalue weighted by molar-refractivity contribution is 8.00. The van der Waals surface area contributed by atoms with Crippen LogP contribution in [0.4, 0.5) is 0 Å². The second-order valence-corrected chi connectivity index (χ2v) is 7.58. The van der Waals surface area contributed by atoms with Crippen LogP contribution in [0.5, 0.6) is 0 Å². The smallest absolute Gasteiger partial charge is 0.332 e. The lowest BCUT2D eigenvalue weighted by Gasteiger charge is -2.15. The predicted molar refractivity (Wildman–Crippen MR) is 103 cm³/mol. The monoisotopic (exact) mass is 379 g/mol. The number of hydrogen-bond donors (Lipinski definition) is 0. The molecule has 8 nitrogen and oxygen atoms in total. The van der Waals surface area contributed by atoms with Crippen molar-refractivity contribution in [2.45, 2.75) is 44.7 Å². The Morgan fingerprint density at radius 1 is 1.23 bits per heavy atom. The lowest BCUT2D eigenvalue weighted by atomic mass is 10.2. The van der Waals surface area contributed by atoms with Gasteiger partial charge in [-0.15, -0.1) is 0 Å². The van der Waals surface area contributed by atoms with Gasteiger partial charge in [0, 0.05) is 33.6 Å². The van der Waals surface area contributed by atoms with Crippen LogP contribution < -0.4 is 11.2 Å².